The lowest BCUT2D eigenvalue weighted by Crippen LogP contribution is -1.90. The van der Waals surface area contributed by atoms with Crippen molar-refractivity contribution in [2.24, 2.45) is 0 Å². The van der Waals surface area contributed by atoms with Gasteiger partial charge in [0.05, 0.1) is 18.3 Å². The number of benzene rings is 3. The molecule has 0 aliphatic carbocycles. The number of nitrogens with one attached hydrogen (secondary N) is 1. The molecule has 24 heavy (non-hydrogen) atoms. The molecule has 118 valence electrons. The second-order valence-electron chi connectivity index (χ2n) is 5.59. The first-order chi connectivity index (χ1) is 11.7. The zero-order valence-corrected chi connectivity index (χ0v) is 13.0. The van der Waals surface area contributed by atoms with E-state index in [2.05, 4.69) is 4.98 Å². The molecule has 0 spiro atoms. The lowest BCUT2D eigenvalue weighted by molar-refractivity contribution is 0.112. The SMILES string of the molecule is COc1ccc(-c2[nH]c3c(ccc4ccccc43)c2C=O)cc1F. The molecular formula is C20H14FNO2. The van der Waals surface area contributed by atoms with Crippen LogP contribution < -0.4 is 4.74 Å². The zero-order chi connectivity index (χ0) is 16.7. The lowest BCUT2D eigenvalue weighted by Gasteiger charge is -2.04. The number of hydrogen-bond donors (Lipinski definition) is 1. The van der Waals surface area contributed by atoms with E-state index in [-0.39, 0.29) is 5.75 Å². The second kappa shape index (κ2) is 5.49. The Balaban J connectivity index is 2.03. The summed E-state index contributed by atoms with van der Waals surface area (Å²) in [6, 6.07) is 16.5. The summed E-state index contributed by atoms with van der Waals surface area (Å²) in [6.07, 6.45) is 0.811. The molecule has 1 aromatic heterocycles. The van der Waals surface area contributed by atoms with Crippen LogP contribution in [-0.4, -0.2) is 18.4 Å². The molecule has 0 atom stereocenters. The van der Waals surface area contributed by atoms with Gasteiger partial charge in [0.1, 0.15) is 0 Å². The summed E-state index contributed by atoms with van der Waals surface area (Å²) in [6.45, 7) is 0. The Bertz CT molecular complexity index is 1080. The first-order valence-electron chi connectivity index (χ1n) is 7.55. The van der Waals surface area contributed by atoms with Crippen LogP contribution in [0.25, 0.3) is 32.9 Å². The minimum atomic E-state index is -0.463. The Morgan fingerprint density at radius 2 is 1.88 bits per heavy atom. The fraction of sp³-hybridized carbons (Fsp3) is 0.0500. The molecule has 3 aromatic carbocycles. The van der Waals surface area contributed by atoms with Crippen molar-refractivity contribution in [3.05, 3.63) is 66.0 Å². The highest BCUT2D eigenvalue weighted by Gasteiger charge is 2.16. The van der Waals surface area contributed by atoms with Crippen molar-refractivity contribution in [1.82, 2.24) is 4.98 Å². The van der Waals surface area contributed by atoms with Crippen LogP contribution in [0.1, 0.15) is 10.4 Å². The number of hydrogen-bond acceptors (Lipinski definition) is 2. The normalized spacial score (nSPS) is 11.1. The minimum absolute atomic E-state index is 0.174. The Morgan fingerprint density at radius 3 is 2.62 bits per heavy atom. The predicted molar refractivity (Wildman–Crippen MR) is 93.1 cm³/mol. The van der Waals surface area contributed by atoms with Crippen LogP contribution in [-0.2, 0) is 0 Å². The number of aromatic nitrogens is 1. The van der Waals surface area contributed by atoms with Gasteiger partial charge >= 0.3 is 0 Å². The summed E-state index contributed by atoms with van der Waals surface area (Å²) in [4.78, 5) is 15.0. The molecular weight excluding hydrogens is 305 g/mol. The number of H-pyrrole nitrogens is 1. The summed E-state index contributed by atoms with van der Waals surface area (Å²) < 4.78 is 19.0. The molecule has 4 rings (SSSR count). The molecule has 0 saturated heterocycles. The molecule has 0 radical (unpaired) electrons. The van der Waals surface area contributed by atoms with Crippen LogP contribution in [0.2, 0.25) is 0 Å². The van der Waals surface area contributed by atoms with Gasteiger partial charge in [0, 0.05) is 21.9 Å². The van der Waals surface area contributed by atoms with E-state index in [4.69, 9.17) is 4.74 Å². The molecule has 4 aromatic rings. The summed E-state index contributed by atoms with van der Waals surface area (Å²) in [5.41, 5.74) is 2.62. The third-order valence-corrected chi connectivity index (χ3v) is 4.30. The van der Waals surface area contributed by atoms with E-state index in [9.17, 15) is 9.18 Å². The number of ether oxygens (including phenoxy) is 1. The Labute approximate surface area is 137 Å². The van der Waals surface area contributed by atoms with Gasteiger partial charge in [-0.15, -0.1) is 0 Å². The van der Waals surface area contributed by atoms with Gasteiger partial charge in [-0.1, -0.05) is 36.4 Å². The monoisotopic (exact) mass is 319 g/mol. The highest BCUT2D eigenvalue weighted by molar-refractivity contribution is 6.14. The third-order valence-electron chi connectivity index (χ3n) is 4.30. The quantitative estimate of drug-likeness (QED) is 0.543. The first-order valence-corrected chi connectivity index (χ1v) is 7.55. The largest absolute Gasteiger partial charge is 0.494 e. The standard InChI is InChI=1S/C20H14FNO2/c1-24-18-9-7-13(10-17(18)21)19-16(11-23)15-8-6-12-4-2-3-5-14(12)20(15)22-19/h2-11,22H,1H3. The number of halogens is 1. The number of aldehydes is 1. The van der Waals surface area contributed by atoms with Crippen molar-refractivity contribution >= 4 is 28.0 Å². The van der Waals surface area contributed by atoms with Gasteiger partial charge in [0.15, 0.2) is 17.9 Å². The van der Waals surface area contributed by atoms with Crippen molar-refractivity contribution in [1.29, 1.82) is 0 Å². The van der Waals surface area contributed by atoms with Crippen LogP contribution in [0.4, 0.5) is 4.39 Å². The maximum atomic E-state index is 14.1. The van der Waals surface area contributed by atoms with Gasteiger partial charge in [-0.3, -0.25) is 4.79 Å². The minimum Gasteiger partial charge on any atom is -0.494 e. The molecule has 0 amide bonds. The molecule has 0 saturated carbocycles. The average Bonchev–Trinajstić information content (AvgIpc) is 3.00. The molecule has 0 bridgehead atoms. The van der Waals surface area contributed by atoms with E-state index in [1.165, 1.54) is 13.2 Å². The number of aromatic amines is 1. The highest BCUT2D eigenvalue weighted by Crippen LogP contribution is 2.34. The van der Waals surface area contributed by atoms with Crippen molar-refractivity contribution < 1.29 is 13.9 Å². The molecule has 0 aliphatic rings. The van der Waals surface area contributed by atoms with Crippen molar-refractivity contribution in [2.75, 3.05) is 7.11 Å². The van der Waals surface area contributed by atoms with Gasteiger partial charge in [0.25, 0.3) is 0 Å². The number of carbonyl (C=O) groups is 1. The van der Waals surface area contributed by atoms with Crippen molar-refractivity contribution in [3.8, 4) is 17.0 Å². The predicted octanol–water partition coefficient (Wildman–Crippen LogP) is 4.95. The van der Waals surface area contributed by atoms with E-state index < -0.39 is 5.82 Å². The third kappa shape index (κ3) is 2.07. The molecule has 0 fully saturated rings. The number of methoxy groups -OCH3 is 1. The van der Waals surface area contributed by atoms with Crippen molar-refractivity contribution in [3.63, 3.8) is 0 Å². The van der Waals surface area contributed by atoms with Crippen LogP contribution in [0.3, 0.4) is 0 Å². The molecule has 0 aliphatic heterocycles. The highest BCUT2D eigenvalue weighted by atomic mass is 19.1. The van der Waals surface area contributed by atoms with Gasteiger partial charge < -0.3 is 9.72 Å². The smallest absolute Gasteiger partial charge is 0.165 e. The van der Waals surface area contributed by atoms with E-state index in [1.807, 2.05) is 36.4 Å². The maximum Gasteiger partial charge on any atom is 0.165 e. The van der Waals surface area contributed by atoms with Gasteiger partial charge in [0.2, 0.25) is 0 Å². The van der Waals surface area contributed by atoms with E-state index in [1.54, 1.807) is 12.1 Å². The Morgan fingerprint density at radius 1 is 1.04 bits per heavy atom. The summed E-state index contributed by atoms with van der Waals surface area (Å²) in [5.74, 6) is -0.289. The van der Waals surface area contributed by atoms with Crippen LogP contribution in [0, 0.1) is 5.82 Å². The fourth-order valence-electron chi connectivity index (χ4n) is 3.13. The average molecular weight is 319 g/mol. The number of fused-ring (bicyclic) bond motifs is 3. The molecule has 1 N–H and O–H groups in total. The summed E-state index contributed by atoms with van der Waals surface area (Å²) >= 11 is 0. The summed E-state index contributed by atoms with van der Waals surface area (Å²) in [5, 5.41) is 2.93. The number of carbonyl (C=O) groups excluding carboxylic acids is 1. The van der Waals surface area contributed by atoms with Crippen LogP contribution in [0.15, 0.2) is 54.6 Å². The number of rotatable bonds is 3. The van der Waals surface area contributed by atoms with Crippen molar-refractivity contribution in [2.45, 2.75) is 0 Å². The second-order valence-corrected chi connectivity index (χ2v) is 5.59. The van der Waals surface area contributed by atoms with E-state index in [0.717, 1.165) is 28.0 Å². The zero-order valence-electron chi connectivity index (χ0n) is 13.0. The fourth-order valence-corrected chi connectivity index (χ4v) is 3.13. The first kappa shape index (κ1) is 14.5. The lowest BCUT2D eigenvalue weighted by atomic mass is 10.0. The van der Waals surface area contributed by atoms with E-state index >= 15 is 0 Å². The Hall–Kier alpha value is -3.14. The topological polar surface area (TPSA) is 42.1 Å². The maximum absolute atomic E-state index is 14.1. The van der Waals surface area contributed by atoms with Crippen LogP contribution >= 0.6 is 0 Å². The van der Waals surface area contributed by atoms with Gasteiger partial charge in [-0.2, -0.15) is 0 Å². The van der Waals surface area contributed by atoms with Gasteiger partial charge in [-0.25, -0.2) is 4.39 Å². The van der Waals surface area contributed by atoms with E-state index in [0.29, 0.717) is 16.8 Å². The Kier molecular flexibility index (Phi) is 3.31. The molecule has 1 heterocycles. The molecule has 4 heteroatoms. The van der Waals surface area contributed by atoms with Gasteiger partial charge in [-0.05, 0) is 23.6 Å². The van der Waals surface area contributed by atoms with Crippen LogP contribution in [0.5, 0.6) is 5.75 Å². The summed E-state index contributed by atoms with van der Waals surface area (Å²) in [7, 11) is 1.42. The molecule has 3 nitrogen and oxygen atoms in total. The molecule has 0 unspecified atom stereocenters.